The van der Waals surface area contributed by atoms with E-state index in [0.29, 0.717) is 11.7 Å². The van der Waals surface area contributed by atoms with Crippen molar-refractivity contribution < 1.29 is 9.90 Å². The van der Waals surface area contributed by atoms with Crippen molar-refractivity contribution in [1.82, 2.24) is 9.55 Å². The van der Waals surface area contributed by atoms with Crippen LogP contribution in [0.15, 0.2) is 6.20 Å². The molecule has 0 saturated heterocycles. The van der Waals surface area contributed by atoms with Crippen LogP contribution in [-0.2, 0) is 11.2 Å². The summed E-state index contributed by atoms with van der Waals surface area (Å²) >= 11 is 0. The van der Waals surface area contributed by atoms with Gasteiger partial charge in [-0.25, -0.2) is 4.98 Å². The van der Waals surface area contributed by atoms with E-state index >= 15 is 0 Å². The summed E-state index contributed by atoms with van der Waals surface area (Å²) in [5.74, 6) is 0.0275. The first-order chi connectivity index (χ1) is 6.00. The Hall–Kier alpha value is -1.32. The average Bonchev–Trinajstić information content (AvgIpc) is 2.29. The van der Waals surface area contributed by atoms with Crippen LogP contribution in [0, 0.1) is 6.92 Å². The zero-order chi connectivity index (χ0) is 10.0. The Morgan fingerprint density at radius 1 is 1.69 bits per heavy atom. The molecule has 13 heavy (non-hydrogen) atoms. The molecule has 72 valence electrons. The number of rotatable bonds is 3. The first-order valence-corrected chi connectivity index (χ1v) is 4.27. The summed E-state index contributed by atoms with van der Waals surface area (Å²) in [4.78, 5) is 14.6. The SMILES string of the molecule is Cc1nc(CC(=O)O)cn1C(C)C. The number of nitrogens with zero attached hydrogens (tertiary/aromatic N) is 2. The van der Waals surface area contributed by atoms with Gasteiger partial charge < -0.3 is 9.67 Å². The maximum atomic E-state index is 10.4. The van der Waals surface area contributed by atoms with Crippen LogP contribution in [0.5, 0.6) is 0 Å². The second-order valence-electron chi connectivity index (χ2n) is 3.35. The van der Waals surface area contributed by atoms with Gasteiger partial charge in [0, 0.05) is 12.2 Å². The largest absolute Gasteiger partial charge is 0.481 e. The highest BCUT2D eigenvalue weighted by molar-refractivity contribution is 5.69. The van der Waals surface area contributed by atoms with Gasteiger partial charge in [-0.15, -0.1) is 0 Å². The van der Waals surface area contributed by atoms with Gasteiger partial charge in [0.2, 0.25) is 0 Å². The summed E-state index contributed by atoms with van der Waals surface area (Å²) in [6.45, 7) is 5.96. The van der Waals surface area contributed by atoms with Gasteiger partial charge >= 0.3 is 5.97 Å². The third-order valence-corrected chi connectivity index (χ3v) is 1.86. The van der Waals surface area contributed by atoms with Crippen molar-refractivity contribution in [2.45, 2.75) is 33.2 Å². The highest BCUT2D eigenvalue weighted by Crippen LogP contribution is 2.10. The Balaban J connectivity index is 2.88. The summed E-state index contributed by atoms with van der Waals surface area (Å²) in [6, 6.07) is 0.329. The van der Waals surface area contributed by atoms with Gasteiger partial charge in [0.25, 0.3) is 0 Å². The Labute approximate surface area is 77.2 Å². The number of aryl methyl sites for hydroxylation is 1. The van der Waals surface area contributed by atoms with Gasteiger partial charge in [0.1, 0.15) is 5.82 Å². The molecule has 1 N–H and O–H groups in total. The molecular weight excluding hydrogens is 168 g/mol. The number of carboxylic acid groups (broad SMARTS) is 1. The number of carbonyl (C=O) groups is 1. The van der Waals surface area contributed by atoms with Crippen LogP contribution in [0.2, 0.25) is 0 Å². The maximum absolute atomic E-state index is 10.4. The molecule has 0 aromatic carbocycles. The number of carboxylic acids is 1. The van der Waals surface area contributed by atoms with E-state index in [1.807, 2.05) is 25.3 Å². The Morgan fingerprint density at radius 3 is 2.69 bits per heavy atom. The molecule has 4 nitrogen and oxygen atoms in total. The van der Waals surface area contributed by atoms with E-state index in [4.69, 9.17) is 5.11 Å². The molecule has 0 spiro atoms. The van der Waals surface area contributed by atoms with Crippen molar-refractivity contribution in [3.05, 3.63) is 17.7 Å². The zero-order valence-electron chi connectivity index (χ0n) is 8.11. The molecule has 1 aromatic rings. The normalized spacial score (nSPS) is 10.8. The Kier molecular flexibility index (Phi) is 2.70. The minimum Gasteiger partial charge on any atom is -0.481 e. The topological polar surface area (TPSA) is 55.1 Å². The van der Waals surface area contributed by atoms with Gasteiger partial charge in [-0.2, -0.15) is 0 Å². The monoisotopic (exact) mass is 182 g/mol. The lowest BCUT2D eigenvalue weighted by molar-refractivity contribution is -0.136. The van der Waals surface area contributed by atoms with E-state index in [1.54, 1.807) is 6.20 Å². The summed E-state index contributed by atoms with van der Waals surface area (Å²) in [6.07, 6.45) is 1.80. The van der Waals surface area contributed by atoms with Crippen molar-refractivity contribution in [2.24, 2.45) is 0 Å². The van der Waals surface area contributed by atoms with Gasteiger partial charge in [-0.3, -0.25) is 4.79 Å². The predicted molar refractivity (Wildman–Crippen MR) is 48.7 cm³/mol. The smallest absolute Gasteiger partial charge is 0.309 e. The lowest BCUT2D eigenvalue weighted by Crippen LogP contribution is -2.01. The summed E-state index contributed by atoms with van der Waals surface area (Å²) in [5.41, 5.74) is 0.624. The van der Waals surface area contributed by atoms with E-state index in [-0.39, 0.29) is 6.42 Å². The molecule has 0 aliphatic heterocycles. The van der Waals surface area contributed by atoms with Crippen LogP contribution >= 0.6 is 0 Å². The molecule has 0 bridgehead atoms. The first kappa shape index (κ1) is 9.77. The number of aromatic nitrogens is 2. The number of aliphatic carboxylic acids is 1. The molecule has 0 fully saturated rings. The maximum Gasteiger partial charge on any atom is 0.309 e. The average molecular weight is 182 g/mol. The summed E-state index contributed by atoms with van der Waals surface area (Å²) < 4.78 is 1.97. The van der Waals surface area contributed by atoms with Crippen molar-refractivity contribution in [2.75, 3.05) is 0 Å². The number of hydrogen-bond donors (Lipinski definition) is 1. The molecule has 1 aromatic heterocycles. The van der Waals surface area contributed by atoms with Crippen LogP contribution in [0.3, 0.4) is 0 Å². The highest BCUT2D eigenvalue weighted by atomic mass is 16.4. The van der Waals surface area contributed by atoms with E-state index in [1.165, 1.54) is 0 Å². The lowest BCUT2D eigenvalue weighted by atomic mass is 10.3. The molecule has 0 aliphatic rings. The first-order valence-electron chi connectivity index (χ1n) is 4.27. The molecular formula is C9H14N2O2. The molecule has 0 amide bonds. The standard InChI is InChI=1S/C9H14N2O2/c1-6(2)11-5-8(4-9(12)13)10-7(11)3/h5-6H,4H2,1-3H3,(H,12,13). The predicted octanol–water partition coefficient (Wildman–Crippen LogP) is 1.40. The van der Waals surface area contributed by atoms with Crippen molar-refractivity contribution in [3.63, 3.8) is 0 Å². The molecule has 0 atom stereocenters. The molecule has 0 aliphatic carbocycles. The van der Waals surface area contributed by atoms with Crippen LogP contribution in [0.1, 0.15) is 31.4 Å². The van der Waals surface area contributed by atoms with Crippen molar-refractivity contribution >= 4 is 5.97 Å². The van der Waals surface area contributed by atoms with E-state index in [0.717, 1.165) is 5.82 Å². The lowest BCUT2D eigenvalue weighted by Gasteiger charge is -2.07. The molecule has 0 unspecified atom stereocenters. The highest BCUT2D eigenvalue weighted by Gasteiger charge is 2.08. The van der Waals surface area contributed by atoms with E-state index in [9.17, 15) is 4.79 Å². The van der Waals surface area contributed by atoms with E-state index in [2.05, 4.69) is 4.98 Å². The minimum atomic E-state index is -0.839. The fraction of sp³-hybridized carbons (Fsp3) is 0.556. The minimum absolute atomic E-state index is 0.000556. The quantitative estimate of drug-likeness (QED) is 0.768. The van der Waals surface area contributed by atoms with Crippen LogP contribution in [0.25, 0.3) is 0 Å². The number of imidazole rings is 1. The van der Waals surface area contributed by atoms with Crippen molar-refractivity contribution in [1.29, 1.82) is 0 Å². The zero-order valence-corrected chi connectivity index (χ0v) is 8.11. The molecule has 4 heteroatoms. The van der Waals surface area contributed by atoms with Gasteiger partial charge in [0.15, 0.2) is 0 Å². The summed E-state index contributed by atoms with van der Waals surface area (Å²) in [5, 5.41) is 8.56. The Morgan fingerprint density at radius 2 is 2.31 bits per heavy atom. The molecule has 0 saturated carbocycles. The van der Waals surface area contributed by atoms with Crippen LogP contribution in [-0.4, -0.2) is 20.6 Å². The van der Waals surface area contributed by atoms with E-state index < -0.39 is 5.97 Å². The fourth-order valence-electron chi connectivity index (χ4n) is 1.31. The molecule has 1 heterocycles. The second kappa shape index (κ2) is 3.60. The summed E-state index contributed by atoms with van der Waals surface area (Å²) in [7, 11) is 0. The molecule has 1 rings (SSSR count). The van der Waals surface area contributed by atoms with Gasteiger partial charge in [0.05, 0.1) is 12.1 Å². The van der Waals surface area contributed by atoms with Crippen molar-refractivity contribution in [3.8, 4) is 0 Å². The number of hydrogen-bond acceptors (Lipinski definition) is 2. The second-order valence-corrected chi connectivity index (χ2v) is 3.35. The third kappa shape index (κ3) is 2.31. The van der Waals surface area contributed by atoms with Gasteiger partial charge in [-0.1, -0.05) is 0 Å². The Bertz CT molecular complexity index is 315. The molecule has 0 radical (unpaired) electrons. The third-order valence-electron chi connectivity index (χ3n) is 1.86. The van der Waals surface area contributed by atoms with Crippen LogP contribution in [0.4, 0.5) is 0 Å². The fourth-order valence-corrected chi connectivity index (χ4v) is 1.31. The van der Waals surface area contributed by atoms with Crippen LogP contribution < -0.4 is 0 Å². The van der Waals surface area contributed by atoms with Gasteiger partial charge in [-0.05, 0) is 20.8 Å².